The number of carbonyl (C=O) groups is 2. The summed E-state index contributed by atoms with van der Waals surface area (Å²) >= 11 is 0. The molecule has 0 saturated carbocycles. The molecule has 0 aliphatic heterocycles. The van der Waals surface area contributed by atoms with E-state index < -0.39 is 23.0 Å². The lowest BCUT2D eigenvalue weighted by atomic mass is 9.90. The predicted molar refractivity (Wildman–Crippen MR) is 91.8 cm³/mol. The Labute approximate surface area is 141 Å². The predicted octanol–water partition coefficient (Wildman–Crippen LogP) is 3.67. The van der Waals surface area contributed by atoms with Crippen molar-refractivity contribution in [2.45, 2.75) is 26.8 Å². The van der Waals surface area contributed by atoms with Crippen LogP contribution in [0, 0.1) is 11.2 Å². The third kappa shape index (κ3) is 4.19. The van der Waals surface area contributed by atoms with Gasteiger partial charge in [0.2, 0.25) is 11.8 Å². The summed E-state index contributed by atoms with van der Waals surface area (Å²) in [6, 6.07) is 14.8. The fourth-order valence-corrected chi connectivity index (χ4v) is 2.16. The molecule has 4 nitrogen and oxygen atoms in total. The summed E-state index contributed by atoms with van der Waals surface area (Å²) in [5, 5.41) is 5.42. The Hall–Kier alpha value is -2.69. The molecule has 1 atom stereocenters. The first kappa shape index (κ1) is 17.7. The molecule has 0 bridgehead atoms. The summed E-state index contributed by atoms with van der Waals surface area (Å²) in [5.74, 6) is -1.34. The molecule has 0 radical (unpaired) electrons. The van der Waals surface area contributed by atoms with Crippen molar-refractivity contribution < 1.29 is 14.0 Å². The van der Waals surface area contributed by atoms with Gasteiger partial charge in [-0.1, -0.05) is 36.4 Å². The van der Waals surface area contributed by atoms with Crippen molar-refractivity contribution in [3.8, 4) is 0 Å². The molecule has 126 valence electrons. The van der Waals surface area contributed by atoms with Crippen LogP contribution in [0.25, 0.3) is 0 Å². The molecule has 2 rings (SSSR count). The second kappa shape index (κ2) is 7.25. The van der Waals surface area contributed by atoms with Gasteiger partial charge in [-0.3, -0.25) is 9.59 Å². The molecule has 2 aromatic rings. The van der Waals surface area contributed by atoms with Gasteiger partial charge in [-0.25, -0.2) is 4.39 Å². The van der Waals surface area contributed by atoms with Gasteiger partial charge in [0.15, 0.2) is 0 Å². The minimum Gasteiger partial charge on any atom is -0.349 e. The fraction of sp³-hybridized carbons (Fsp3) is 0.263. The molecule has 0 aliphatic rings. The smallest absolute Gasteiger partial charge is 0.239 e. The standard InChI is InChI=1S/C19H21FN2O2/c1-13(14-8-5-4-6-9-14)21-17(23)19(2,3)18(24)22-16-11-7-10-15(20)12-16/h4-13H,1-3H3,(H,21,23)(H,22,24). The Bertz CT molecular complexity index is 729. The molecule has 2 aromatic carbocycles. The maximum atomic E-state index is 13.2. The second-order valence-electron chi connectivity index (χ2n) is 6.20. The van der Waals surface area contributed by atoms with Gasteiger partial charge in [0.1, 0.15) is 11.2 Å². The SMILES string of the molecule is CC(NC(=O)C(C)(C)C(=O)Nc1cccc(F)c1)c1ccccc1. The lowest BCUT2D eigenvalue weighted by Gasteiger charge is -2.25. The summed E-state index contributed by atoms with van der Waals surface area (Å²) in [7, 11) is 0. The van der Waals surface area contributed by atoms with Crippen molar-refractivity contribution in [1.82, 2.24) is 5.32 Å². The fourth-order valence-electron chi connectivity index (χ4n) is 2.16. The molecule has 1 unspecified atom stereocenters. The molecule has 0 aliphatic carbocycles. The zero-order chi connectivity index (χ0) is 17.7. The van der Waals surface area contributed by atoms with Crippen LogP contribution in [0.2, 0.25) is 0 Å². The van der Waals surface area contributed by atoms with Gasteiger partial charge in [-0.05, 0) is 44.5 Å². The molecule has 0 saturated heterocycles. The van der Waals surface area contributed by atoms with Gasteiger partial charge in [-0.15, -0.1) is 0 Å². The van der Waals surface area contributed by atoms with Crippen LogP contribution in [-0.4, -0.2) is 11.8 Å². The number of nitrogens with one attached hydrogen (secondary N) is 2. The Kier molecular flexibility index (Phi) is 5.34. The van der Waals surface area contributed by atoms with E-state index in [1.165, 1.54) is 32.0 Å². The summed E-state index contributed by atoms with van der Waals surface area (Å²) in [6.07, 6.45) is 0. The van der Waals surface area contributed by atoms with Crippen LogP contribution in [0.5, 0.6) is 0 Å². The van der Waals surface area contributed by atoms with Gasteiger partial charge in [0.05, 0.1) is 6.04 Å². The number of carbonyl (C=O) groups excluding carboxylic acids is 2. The summed E-state index contributed by atoms with van der Waals surface area (Å²) < 4.78 is 13.2. The van der Waals surface area contributed by atoms with E-state index in [9.17, 15) is 14.0 Å². The number of hydrogen-bond donors (Lipinski definition) is 2. The zero-order valence-electron chi connectivity index (χ0n) is 14.0. The van der Waals surface area contributed by atoms with E-state index in [0.717, 1.165) is 5.56 Å². The molecule has 0 fully saturated rings. The van der Waals surface area contributed by atoms with Gasteiger partial charge < -0.3 is 10.6 Å². The first-order valence-electron chi connectivity index (χ1n) is 7.73. The van der Waals surface area contributed by atoms with Crippen molar-refractivity contribution in [2.75, 3.05) is 5.32 Å². The van der Waals surface area contributed by atoms with Gasteiger partial charge >= 0.3 is 0 Å². The lowest BCUT2D eigenvalue weighted by Crippen LogP contribution is -2.45. The Morgan fingerprint density at radius 2 is 1.67 bits per heavy atom. The molecule has 2 N–H and O–H groups in total. The molecule has 5 heteroatoms. The average molecular weight is 328 g/mol. The highest BCUT2D eigenvalue weighted by Crippen LogP contribution is 2.22. The molecule has 0 spiro atoms. The first-order chi connectivity index (χ1) is 11.3. The van der Waals surface area contributed by atoms with E-state index in [2.05, 4.69) is 10.6 Å². The highest BCUT2D eigenvalue weighted by atomic mass is 19.1. The summed E-state index contributed by atoms with van der Waals surface area (Å²) in [4.78, 5) is 24.9. The Balaban J connectivity index is 2.05. The number of benzene rings is 2. The van der Waals surface area contributed by atoms with Crippen LogP contribution in [0.4, 0.5) is 10.1 Å². The van der Waals surface area contributed by atoms with Crippen LogP contribution < -0.4 is 10.6 Å². The average Bonchev–Trinajstić information content (AvgIpc) is 2.55. The van der Waals surface area contributed by atoms with Crippen LogP contribution in [0.15, 0.2) is 54.6 Å². The van der Waals surface area contributed by atoms with E-state index in [-0.39, 0.29) is 6.04 Å². The molecular weight excluding hydrogens is 307 g/mol. The van der Waals surface area contributed by atoms with E-state index >= 15 is 0 Å². The van der Waals surface area contributed by atoms with Gasteiger partial charge in [0, 0.05) is 5.69 Å². The largest absolute Gasteiger partial charge is 0.349 e. The molecule has 0 heterocycles. The zero-order valence-corrected chi connectivity index (χ0v) is 14.0. The molecule has 24 heavy (non-hydrogen) atoms. The third-order valence-electron chi connectivity index (χ3n) is 3.86. The minimum atomic E-state index is -1.30. The van der Waals surface area contributed by atoms with E-state index in [0.29, 0.717) is 5.69 Å². The normalized spacial score (nSPS) is 12.3. The number of amides is 2. The van der Waals surface area contributed by atoms with Gasteiger partial charge in [0.25, 0.3) is 0 Å². The molecule has 0 aromatic heterocycles. The summed E-state index contributed by atoms with van der Waals surface area (Å²) in [6.45, 7) is 4.93. The monoisotopic (exact) mass is 328 g/mol. The number of halogens is 1. The first-order valence-corrected chi connectivity index (χ1v) is 7.73. The van der Waals surface area contributed by atoms with Crippen molar-refractivity contribution in [2.24, 2.45) is 5.41 Å². The van der Waals surface area contributed by atoms with Gasteiger partial charge in [-0.2, -0.15) is 0 Å². The second-order valence-corrected chi connectivity index (χ2v) is 6.20. The van der Waals surface area contributed by atoms with E-state index in [1.807, 2.05) is 37.3 Å². The van der Waals surface area contributed by atoms with Crippen LogP contribution >= 0.6 is 0 Å². The summed E-state index contributed by atoms with van der Waals surface area (Å²) in [5.41, 5.74) is -0.0285. The number of anilines is 1. The molecular formula is C19H21FN2O2. The van der Waals surface area contributed by atoms with E-state index in [4.69, 9.17) is 0 Å². The van der Waals surface area contributed by atoms with Crippen LogP contribution in [0.1, 0.15) is 32.4 Å². The third-order valence-corrected chi connectivity index (χ3v) is 3.86. The topological polar surface area (TPSA) is 58.2 Å². The van der Waals surface area contributed by atoms with Crippen LogP contribution in [0.3, 0.4) is 0 Å². The highest BCUT2D eigenvalue weighted by molar-refractivity contribution is 6.09. The maximum Gasteiger partial charge on any atom is 0.239 e. The highest BCUT2D eigenvalue weighted by Gasteiger charge is 2.36. The minimum absolute atomic E-state index is 0.222. The van der Waals surface area contributed by atoms with E-state index in [1.54, 1.807) is 6.07 Å². The quantitative estimate of drug-likeness (QED) is 0.823. The van der Waals surface area contributed by atoms with Crippen molar-refractivity contribution in [3.63, 3.8) is 0 Å². The number of hydrogen-bond acceptors (Lipinski definition) is 2. The van der Waals surface area contributed by atoms with Crippen molar-refractivity contribution in [3.05, 3.63) is 66.0 Å². The Morgan fingerprint density at radius 1 is 1.00 bits per heavy atom. The maximum absolute atomic E-state index is 13.2. The van der Waals surface area contributed by atoms with Crippen molar-refractivity contribution in [1.29, 1.82) is 0 Å². The van der Waals surface area contributed by atoms with Crippen LogP contribution in [-0.2, 0) is 9.59 Å². The van der Waals surface area contributed by atoms with Crippen molar-refractivity contribution >= 4 is 17.5 Å². The molecule has 2 amide bonds. The Morgan fingerprint density at radius 3 is 2.29 bits per heavy atom. The number of rotatable bonds is 5. The lowest BCUT2D eigenvalue weighted by molar-refractivity contribution is -0.138.